The van der Waals surface area contributed by atoms with Crippen molar-refractivity contribution < 1.29 is 13.5 Å². The Hall–Kier alpha value is -2.41. The van der Waals surface area contributed by atoms with E-state index in [-0.39, 0.29) is 5.75 Å². The highest BCUT2D eigenvalue weighted by atomic mass is 32.2. The highest BCUT2D eigenvalue weighted by molar-refractivity contribution is 7.98. The van der Waals surface area contributed by atoms with Gasteiger partial charge in [-0.05, 0) is 31.5 Å². The molecule has 0 spiro atoms. The average molecular weight is 375 g/mol. The molecule has 0 aliphatic rings. The second-order valence-electron chi connectivity index (χ2n) is 6.01. The highest BCUT2D eigenvalue weighted by Gasteiger charge is 2.19. The molecule has 0 saturated carbocycles. The van der Waals surface area contributed by atoms with Gasteiger partial charge in [0.15, 0.2) is 28.7 Å². The first-order valence-corrected chi connectivity index (χ1v) is 9.12. The molecular weight excluding hydrogens is 356 g/mol. The summed E-state index contributed by atoms with van der Waals surface area (Å²) in [6.45, 7) is 3.80. The largest absolute Gasteiger partial charge is 0.480 e. The van der Waals surface area contributed by atoms with E-state index in [1.54, 1.807) is 18.7 Å². The first-order valence-electron chi connectivity index (χ1n) is 8.13. The first kappa shape index (κ1) is 18.4. The van der Waals surface area contributed by atoms with Gasteiger partial charge in [0.2, 0.25) is 0 Å². The van der Waals surface area contributed by atoms with Crippen LogP contribution in [0.5, 0.6) is 5.75 Å². The molecular formula is C19H19F2N3OS. The van der Waals surface area contributed by atoms with Crippen LogP contribution in [-0.2, 0) is 12.8 Å². The van der Waals surface area contributed by atoms with Crippen molar-refractivity contribution >= 4 is 11.8 Å². The summed E-state index contributed by atoms with van der Waals surface area (Å²) >= 11 is 1.57. The molecule has 0 aliphatic heterocycles. The molecule has 3 rings (SSSR count). The van der Waals surface area contributed by atoms with Crippen molar-refractivity contribution in [3.05, 3.63) is 71.1 Å². The monoisotopic (exact) mass is 375 g/mol. The van der Waals surface area contributed by atoms with E-state index in [2.05, 4.69) is 41.4 Å². The fourth-order valence-corrected chi connectivity index (χ4v) is 3.33. The third kappa shape index (κ3) is 4.22. The van der Waals surface area contributed by atoms with E-state index in [4.69, 9.17) is 4.74 Å². The van der Waals surface area contributed by atoms with Gasteiger partial charge in [0, 0.05) is 18.9 Å². The summed E-state index contributed by atoms with van der Waals surface area (Å²) in [5, 5.41) is 9.09. The lowest BCUT2D eigenvalue weighted by atomic mass is 10.2. The Kier molecular flexibility index (Phi) is 5.56. The lowest BCUT2D eigenvalue weighted by molar-refractivity contribution is 0.201. The van der Waals surface area contributed by atoms with E-state index in [9.17, 15) is 8.78 Å². The van der Waals surface area contributed by atoms with Crippen molar-refractivity contribution in [2.45, 2.75) is 30.9 Å². The number of rotatable bonds is 6. The molecule has 26 heavy (non-hydrogen) atoms. The van der Waals surface area contributed by atoms with Gasteiger partial charge in [0.05, 0.1) is 0 Å². The van der Waals surface area contributed by atoms with Crippen LogP contribution in [0.4, 0.5) is 8.78 Å². The number of benzene rings is 2. The highest BCUT2D eigenvalue weighted by Crippen LogP contribution is 2.27. The van der Waals surface area contributed by atoms with Crippen LogP contribution in [0.15, 0.2) is 47.6 Å². The molecule has 1 atom stereocenters. The molecule has 3 aromatic rings. The molecule has 2 aromatic carbocycles. The van der Waals surface area contributed by atoms with Gasteiger partial charge in [-0.25, -0.2) is 8.78 Å². The van der Waals surface area contributed by atoms with Crippen LogP contribution >= 0.6 is 11.8 Å². The Balaban J connectivity index is 1.68. The summed E-state index contributed by atoms with van der Waals surface area (Å²) in [6, 6.07) is 11.5. The lowest BCUT2D eigenvalue weighted by Gasteiger charge is -2.14. The van der Waals surface area contributed by atoms with Gasteiger partial charge in [-0.1, -0.05) is 41.6 Å². The van der Waals surface area contributed by atoms with Gasteiger partial charge in [-0.2, -0.15) is 0 Å². The lowest BCUT2D eigenvalue weighted by Crippen LogP contribution is -2.10. The SMILES string of the molecule is Cc1ccc(CSc2nnc(C(C)Oc3ccc(F)cc3F)n2C)cc1. The summed E-state index contributed by atoms with van der Waals surface area (Å²) in [5.41, 5.74) is 2.42. The standard InChI is InChI=1S/C19H19F2N3OS/c1-12-4-6-14(7-5-12)11-26-19-23-22-18(24(19)3)13(2)25-17-9-8-15(20)10-16(17)21/h4-10,13H,11H2,1-3H3. The quantitative estimate of drug-likeness (QED) is 0.579. The molecule has 136 valence electrons. The summed E-state index contributed by atoms with van der Waals surface area (Å²) in [5.74, 6) is -0.0616. The van der Waals surface area contributed by atoms with Crippen molar-refractivity contribution in [3.63, 3.8) is 0 Å². The first-order chi connectivity index (χ1) is 12.4. The smallest absolute Gasteiger partial charge is 0.191 e. The Morgan fingerprint density at radius 1 is 1.12 bits per heavy atom. The zero-order valence-electron chi connectivity index (χ0n) is 14.7. The molecule has 0 amide bonds. The molecule has 0 radical (unpaired) electrons. The molecule has 1 heterocycles. The molecule has 7 heteroatoms. The summed E-state index contributed by atoms with van der Waals surface area (Å²) in [4.78, 5) is 0. The fraction of sp³-hybridized carbons (Fsp3) is 0.263. The third-order valence-electron chi connectivity index (χ3n) is 3.92. The second kappa shape index (κ2) is 7.86. The molecule has 0 fully saturated rings. The number of halogens is 2. The van der Waals surface area contributed by atoms with Crippen molar-refractivity contribution in [1.82, 2.24) is 14.8 Å². The topological polar surface area (TPSA) is 39.9 Å². The van der Waals surface area contributed by atoms with Gasteiger partial charge in [0.25, 0.3) is 0 Å². The van der Waals surface area contributed by atoms with Gasteiger partial charge in [-0.3, -0.25) is 0 Å². The van der Waals surface area contributed by atoms with Gasteiger partial charge in [-0.15, -0.1) is 10.2 Å². The Labute approximate surface area is 155 Å². The predicted molar refractivity (Wildman–Crippen MR) is 97.1 cm³/mol. The maximum absolute atomic E-state index is 13.8. The number of hydrogen-bond donors (Lipinski definition) is 0. The second-order valence-corrected chi connectivity index (χ2v) is 6.95. The van der Waals surface area contributed by atoms with Crippen LogP contribution in [0, 0.1) is 18.6 Å². The summed E-state index contributed by atoms with van der Waals surface area (Å²) in [7, 11) is 1.84. The number of nitrogens with zero attached hydrogens (tertiary/aromatic N) is 3. The van der Waals surface area contributed by atoms with E-state index in [0.29, 0.717) is 5.82 Å². The summed E-state index contributed by atoms with van der Waals surface area (Å²) < 4.78 is 34.2. The van der Waals surface area contributed by atoms with Gasteiger partial charge in [0.1, 0.15) is 5.82 Å². The van der Waals surface area contributed by atoms with E-state index < -0.39 is 17.7 Å². The molecule has 4 nitrogen and oxygen atoms in total. The van der Waals surface area contributed by atoms with Gasteiger partial charge < -0.3 is 9.30 Å². The van der Waals surface area contributed by atoms with Gasteiger partial charge >= 0.3 is 0 Å². The molecule has 0 N–H and O–H groups in total. The Morgan fingerprint density at radius 2 is 1.85 bits per heavy atom. The zero-order valence-corrected chi connectivity index (χ0v) is 15.6. The van der Waals surface area contributed by atoms with Crippen LogP contribution in [0.3, 0.4) is 0 Å². The number of hydrogen-bond acceptors (Lipinski definition) is 4. The number of ether oxygens (including phenoxy) is 1. The average Bonchev–Trinajstić information content (AvgIpc) is 2.98. The fourth-order valence-electron chi connectivity index (χ4n) is 2.45. The summed E-state index contributed by atoms with van der Waals surface area (Å²) in [6.07, 6.45) is -0.527. The van der Waals surface area contributed by atoms with E-state index in [0.717, 1.165) is 23.0 Å². The van der Waals surface area contributed by atoms with Crippen LogP contribution < -0.4 is 4.74 Å². The van der Waals surface area contributed by atoms with Crippen LogP contribution in [-0.4, -0.2) is 14.8 Å². The minimum Gasteiger partial charge on any atom is -0.480 e. The zero-order chi connectivity index (χ0) is 18.7. The van der Waals surface area contributed by atoms with E-state index in [1.807, 2.05) is 11.6 Å². The van der Waals surface area contributed by atoms with Crippen molar-refractivity contribution in [2.75, 3.05) is 0 Å². The van der Waals surface area contributed by atoms with Crippen molar-refractivity contribution in [1.29, 1.82) is 0 Å². The van der Waals surface area contributed by atoms with Crippen molar-refractivity contribution in [2.24, 2.45) is 7.05 Å². The Morgan fingerprint density at radius 3 is 2.54 bits per heavy atom. The Bertz CT molecular complexity index is 896. The molecule has 1 unspecified atom stereocenters. The van der Waals surface area contributed by atoms with Crippen molar-refractivity contribution in [3.8, 4) is 5.75 Å². The van der Waals surface area contributed by atoms with Crippen LogP contribution in [0.2, 0.25) is 0 Å². The minimum absolute atomic E-state index is 0.0178. The van der Waals surface area contributed by atoms with Crippen LogP contribution in [0.1, 0.15) is 30.0 Å². The third-order valence-corrected chi connectivity index (χ3v) is 5.01. The predicted octanol–water partition coefficient (Wildman–Crippen LogP) is 4.83. The molecule has 0 aliphatic carbocycles. The maximum Gasteiger partial charge on any atom is 0.191 e. The maximum atomic E-state index is 13.8. The normalized spacial score (nSPS) is 12.2. The number of aromatic nitrogens is 3. The molecule has 0 bridgehead atoms. The van der Waals surface area contributed by atoms with Crippen LogP contribution in [0.25, 0.3) is 0 Å². The number of aryl methyl sites for hydroxylation is 1. The number of thioether (sulfide) groups is 1. The van der Waals surface area contributed by atoms with E-state index >= 15 is 0 Å². The molecule has 0 saturated heterocycles. The molecule has 1 aromatic heterocycles. The van der Waals surface area contributed by atoms with E-state index in [1.165, 1.54) is 17.2 Å². The minimum atomic E-state index is -0.743.